The van der Waals surface area contributed by atoms with E-state index in [2.05, 4.69) is 36.2 Å². The van der Waals surface area contributed by atoms with Crippen molar-refractivity contribution < 1.29 is 4.79 Å². The highest BCUT2D eigenvalue weighted by molar-refractivity contribution is 9.10. The van der Waals surface area contributed by atoms with Crippen LogP contribution in [0.4, 0.5) is 0 Å². The summed E-state index contributed by atoms with van der Waals surface area (Å²) in [6.45, 7) is 0.293. The molecule has 0 bridgehead atoms. The van der Waals surface area contributed by atoms with Gasteiger partial charge in [-0.1, -0.05) is 0 Å². The number of hydrogen-bond donors (Lipinski definition) is 1. The van der Waals surface area contributed by atoms with Gasteiger partial charge in [0.05, 0.1) is 16.6 Å². The molecule has 1 N–H and O–H groups in total. The molecule has 0 aliphatic heterocycles. The maximum absolute atomic E-state index is 11.7. The topological polar surface area (TPSA) is 67.8 Å². The summed E-state index contributed by atoms with van der Waals surface area (Å²) in [4.78, 5) is 23.7. The molecule has 2 aromatic heterocycles. The monoisotopic (exact) mass is 292 g/mol. The lowest BCUT2D eigenvalue weighted by molar-refractivity contribution is 0.0949. The molecule has 2 aromatic rings. The first-order valence-electron chi connectivity index (χ1n) is 4.90. The summed E-state index contributed by atoms with van der Waals surface area (Å²) in [6.07, 6.45) is 6.41. The Hall–Kier alpha value is -1.82. The highest BCUT2D eigenvalue weighted by Crippen LogP contribution is 2.04. The summed E-state index contributed by atoms with van der Waals surface area (Å²) in [6, 6.07) is 3.41. The third kappa shape index (κ3) is 3.32. The van der Waals surface area contributed by atoms with Crippen molar-refractivity contribution >= 4 is 21.8 Å². The molecule has 0 aromatic carbocycles. The van der Waals surface area contributed by atoms with Gasteiger partial charge in [-0.25, -0.2) is 9.97 Å². The number of hydrogen-bond acceptors (Lipinski definition) is 4. The maximum atomic E-state index is 11.7. The van der Waals surface area contributed by atoms with Crippen LogP contribution in [0.5, 0.6) is 0 Å². The molecular formula is C11H9BrN4O. The Kier molecular flexibility index (Phi) is 3.77. The van der Waals surface area contributed by atoms with E-state index in [1.54, 1.807) is 30.7 Å². The molecule has 0 radical (unpaired) electrons. The van der Waals surface area contributed by atoms with Crippen molar-refractivity contribution in [3.05, 3.63) is 52.8 Å². The zero-order valence-corrected chi connectivity index (χ0v) is 10.4. The molecule has 0 aliphatic carbocycles. The highest BCUT2D eigenvalue weighted by atomic mass is 79.9. The molecule has 0 atom stereocenters. The van der Waals surface area contributed by atoms with E-state index in [1.807, 2.05) is 0 Å². The van der Waals surface area contributed by atoms with E-state index >= 15 is 0 Å². The summed E-state index contributed by atoms with van der Waals surface area (Å²) in [5.41, 5.74) is 0.518. The van der Waals surface area contributed by atoms with Gasteiger partial charge in [-0.15, -0.1) is 0 Å². The Morgan fingerprint density at radius 2 is 2.06 bits per heavy atom. The third-order valence-corrected chi connectivity index (χ3v) is 2.41. The van der Waals surface area contributed by atoms with Crippen LogP contribution in [0.3, 0.4) is 0 Å². The van der Waals surface area contributed by atoms with Crippen LogP contribution in [0.25, 0.3) is 0 Å². The van der Waals surface area contributed by atoms with E-state index < -0.39 is 0 Å². The largest absolute Gasteiger partial charge is 0.345 e. The molecule has 0 fully saturated rings. The number of carbonyl (C=O) groups excluding carboxylic acids is 1. The predicted octanol–water partition coefficient (Wildman–Crippen LogP) is 1.56. The smallest absolute Gasteiger partial charge is 0.253 e. The van der Waals surface area contributed by atoms with Crippen molar-refractivity contribution in [3.63, 3.8) is 0 Å². The second-order valence-electron chi connectivity index (χ2n) is 3.24. The zero-order chi connectivity index (χ0) is 12.1. The maximum Gasteiger partial charge on any atom is 0.253 e. The van der Waals surface area contributed by atoms with Crippen molar-refractivity contribution in [2.45, 2.75) is 6.54 Å². The van der Waals surface area contributed by atoms with Crippen LogP contribution in [0.2, 0.25) is 0 Å². The van der Waals surface area contributed by atoms with Gasteiger partial charge in [0.25, 0.3) is 5.91 Å². The predicted molar refractivity (Wildman–Crippen MR) is 65.1 cm³/mol. The number of amides is 1. The minimum atomic E-state index is -0.190. The molecule has 0 spiro atoms. The fraction of sp³-hybridized carbons (Fsp3) is 0.0909. The van der Waals surface area contributed by atoms with Crippen LogP contribution in [-0.4, -0.2) is 20.9 Å². The average molecular weight is 293 g/mol. The van der Waals surface area contributed by atoms with Gasteiger partial charge in [0.15, 0.2) is 0 Å². The summed E-state index contributed by atoms with van der Waals surface area (Å²) < 4.78 is 0.805. The molecule has 1 amide bonds. The van der Waals surface area contributed by atoms with E-state index in [4.69, 9.17) is 0 Å². The number of halogens is 1. The molecule has 0 saturated heterocycles. The summed E-state index contributed by atoms with van der Waals surface area (Å²) in [7, 11) is 0. The normalized spacial score (nSPS) is 9.94. The molecule has 0 saturated carbocycles. The van der Waals surface area contributed by atoms with Gasteiger partial charge < -0.3 is 5.32 Å². The number of nitrogens with zero attached hydrogens (tertiary/aromatic N) is 3. The minimum Gasteiger partial charge on any atom is -0.345 e. The number of carbonyl (C=O) groups is 1. The molecule has 86 valence electrons. The number of pyridine rings is 1. The molecule has 5 nitrogen and oxygen atoms in total. The van der Waals surface area contributed by atoms with Crippen molar-refractivity contribution in [1.29, 1.82) is 0 Å². The van der Waals surface area contributed by atoms with Gasteiger partial charge in [-0.2, -0.15) is 0 Å². The summed E-state index contributed by atoms with van der Waals surface area (Å²) >= 11 is 3.24. The fourth-order valence-corrected chi connectivity index (χ4v) is 1.39. The number of rotatable bonds is 3. The molecular weight excluding hydrogens is 284 g/mol. The average Bonchev–Trinajstić information content (AvgIpc) is 2.39. The van der Waals surface area contributed by atoms with Crippen molar-refractivity contribution in [2.75, 3.05) is 0 Å². The van der Waals surface area contributed by atoms with Gasteiger partial charge in [0.1, 0.15) is 5.82 Å². The molecule has 2 heterocycles. The van der Waals surface area contributed by atoms with Crippen LogP contribution in [0.1, 0.15) is 16.2 Å². The highest BCUT2D eigenvalue weighted by Gasteiger charge is 2.05. The third-order valence-electron chi connectivity index (χ3n) is 2.00. The van der Waals surface area contributed by atoms with Crippen LogP contribution in [-0.2, 0) is 6.54 Å². The zero-order valence-electron chi connectivity index (χ0n) is 8.80. The molecule has 0 aliphatic rings. The second-order valence-corrected chi connectivity index (χ2v) is 4.16. The Balaban J connectivity index is 1.95. The number of nitrogens with one attached hydrogen (secondary N) is 1. The minimum absolute atomic E-state index is 0.190. The Bertz CT molecular complexity index is 501. The Morgan fingerprint density at radius 1 is 1.29 bits per heavy atom. The van der Waals surface area contributed by atoms with Gasteiger partial charge in [0.2, 0.25) is 0 Å². The van der Waals surface area contributed by atoms with Crippen LogP contribution >= 0.6 is 15.9 Å². The lowest BCUT2D eigenvalue weighted by Crippen LogP contribution is -2.23. The fourth-order valence-electron chi connectivity index (χ4n) is 1.19. The van der Waals surface area contributed by atoms with Crippen LogP contribution in [0, 0.1) is 0 Å². The lowest BCUT2D eigenvalue weighted by Gasteiger charge is -2.03. The first kappa shape index (κ1) is 11.7. The molecule has 17 heavy (non-hydrogen) atoms. The Labute approximate surface area is 106 Å². The molecule has 2 rings (SSSR count). The van der Waals surface area contributed by atoms with E-state index in [9.17, 15) is 4.79 Å². The van der Waals surface area contributed by atoms with Crippen LogP contribution in [0.15, 0.2) is 41.4 Å². The summed E-state index contributed by atoms with van der Waals surface area (Å²) in [5.74, 6) is 0.370. The van der Waals surface area contributed by atoms with E-state index in [0.29, 0.717) is 17.9 Å². The van der Waals surface area contributed by atoms with Gasteiger partial charge >= 0.3 is 0 Å². The first-order chi connectivity index (χ1) is 8.25. The van der Waals surface area contributed by atoms with E-state index in [0.717, 1.165) is 4.47 Å². The first-order valence-corrected chi connectivity index (χ1v) is 5.69. The molecule has 6 heteroatoms. The van der Waals surface area contributed by atoms with Crippen molar-refractivity contribution in [1.82, 2.24) is 20.3 Å². The lowest BCUT2D eigenvalue weighted by atomic mass is 10.3. The van der Waals surface area contributed by atoms with E-state index in [1.165, 1.54) is 6.20 Å². The molecule has 0 unspecified atom stereocenters. The summed E-state index contributed by atoms with van der Waals surface area (Å²) in [5, 5.41) is 2.72. The number of aromatic nitrogens is 3. The van der Waals surface area contributed by atoms with Gasteiger partial charge in [0, 0.05) is 24.8 Å². The Morgan fingerprint density at radius 3 is 2.71 bits per heavy atom. The van der Waals surface area contributed by atoms with Crippen LogP contribution < -0.4 is 5.32 Å². The van der Waals surface area contributed by atoms with Crippen molar-refractivity contribution in [3.8, 4) is 0 Å². The SMILES string of the molecule is O=C(NCc1ncc(Br)cn1)c1cccnc1. The van der Waals surface area contributed by atoms with E-state index in [-0.39, 0.29) is 5.91 Å². The van der Waals surface area contributed by atoms with Crippen molar-refractivity contribution in [2.24, 2.45) is 0 Å². The standard InChI is InChI=1S/C11H9BrN4O/c12-9-5-14-10(15-6-9)7-16-11(17)8-2-1-3-13-4-8/h1-6H,7H2,(H,16,17). The quantitative estimate of drug-likeness (QED) is 0.932. The van der Waals surface area contributed by atoms with Gasteiger partial charge in [-0.3, -0.25) is 9.78 Å². The van der Waals surface area contributed by atoms with Gasteiger partial charge in [-0.05, 0) is 28.1 Å². The second kappa shape index (κ2) is 5.49.